The van der Waals surface area contributed by atoms with Crippen LogP contribution in [0, 0.1) is 5.92 Å². The van der Waals surface area contributed by atoms with Crippen LogP contribution in [0.2, 0.25) is 0 Å². The third-order valence-electron chi connectivity index (χ3n) is 4.14. The van der Waals surface area contributed by atoms with Crippen molar-refractivity contribution >= 4 is 5.91 Å². The first-order chi connectivity index (χ1) is 8.08. The molecule has 2 atom stereocenters. The minimum Gasteiger partial charge on any atom is -0.394 e. The highest BCUT2D eigenvalue weighted by atomic mass is 16.5. The quantitative estimate of drug-likeness (QED) is 0.698. The summed E-state index contributed by atoms with van der Waals surface area (Å²) < 4.78 is 5.25. The Bertz CT molecular complexity index is 289. The minimum absolute atomic E-state index is 0.01000. The minimum atomic E-state index is -0.782. The number of aliphatic hydroxyl groups is 1. The summed E-state index contributed by atoms with van der Waals surface area (Å²) in [6, 6.07) is -0.0641. The highest BCUT2D eigenvalue weighted by Crippen LogP contribution is 2.28. The zero-order chi connectivity index (χ0) is 12.5. The van der Waals surface area contributed by atoms with Gasteiger partial charge < -0.3 is 20.5 Å². The Labute approximate surface area is 102 Å². The van der Waals surface area contributed by atoms with E-state index in [1.165, 1.54) is 0 Å². The van der Waals surface area contributed by atoms with Crippen LogP contribution in [0.3, 0.4) is 0 Å². The van der Waals surface area contributed by atoms with E-state index in [9.17, 15) is 9.90 Å². The zero-order valence-electron chi connectivity index (χ0n) is 10.4. The van der Waals surface area contributed by atoms with Crippen LogP contribution < -0.4 is 5.73 Å². The summed E-state index contributed by atoms with van der Waals surface area (Å²) in [6.07, 6.45) is 2.10. The van der Waals surface area contributed by atoms with Gasteiger partial charge in [0, 0.05) is 19.8 Å². The Hall–Kier alpha value is -0.650. The maximum atomic E-state index is 12.5. The highest BCUT2D eigenvalue weighted by Gasteiger charge is 2.44. The average molecular weight is 242 g/mol. The molecule has 2 aliphatic heterocycles. The second kappa shape index (κ2) is 4.92. The van der Waals surface area contributed by atoms with Gasteiger partial charge in [0.2, 0.25) is 5.91 Å². The maximum Gasteiger partial charge on any atom is 0.243 e. The molecule has 0 aromatic carbocycles. The molecule has 0 aromatic rings. The second-order valence-electron chi connectivity index (χ2n) is 5.28. The van der Waals surface area contributed by atoms with Crippen LogP contribution in [-0.4, -0.2) is 53.9 Å². The SMILES string of the molecule is CC1CCN(C(=O)C2(N)CCOCC2)C1CO. The summed E-state index contributed by atoms with van der Waals surface area (Å²) in [4.78, 5) is 14.2. The monoisotopic (exact) mass is 242 g/mol. The molecule has 0 bridgehead atoms. The smallest absolute Gasteiger partial charge is 0.243 e. The zero-order valence-corrected chi connectivity index (χ0v) is 10.4. The number of hydrogen-bond donors (Lipinski definition) is 2. The van der Waals surface area contributed by atoms with Crippen molar-refractivity contribution < 1.29 is 14.6 Å². The van der Waals surface area contributed by atoms with Crippen molar-refractivity contribution in [2.45, 2.75) is 37.8 Å². The molecule has 3 N–H and O–H groups in total. The molecule has 5 heteroatoms. The summed E-state index contributed by atoms with van der Waals surface area (Å²) in [6.45, 7) is 3.91. The summed E-state index contributed by atoms with van der Waals surface area (Å²) in [5, 5.41) is 9.38. The fourth-order valence-electron chi connectivity index (χ4n) is 2.77. The van der Waals surface area contributed by atoms with Crippen molar-refractivity contribution in [2.75, 3.05) is 26.4 Å². The lowest BCUT2D eigenvalue weighted by Crippen LogP contribution is -2.59. The van der Waals surface area contributed by atoms with Crippen molar-refractivity contribution in [3.05, 3.63) is 0 Å². The number of hydrogen-bond acceptors (Lipinski definition) is 4. The van der Waals surface area contributed by atoms with Gasteiger partial charge in [0.1, 0.15) is 0 Å². The van der Waals surface area contributed by atoms with Gasteiger partial charge in [-0.2, -0.15) is 0 Å². The number of nitrogens with zero attached hydrogens (tertiary/aromatic N) is 1. The van der Waals surface area contributed by atoms with Crippen molar-refractivity contribution in [2.24, 2.45) is 11.7 Å². The van der Waals surface area contributed by atoms with Crippen LogP contribution in [0.4, 0.5) is 0 Å². The first-order valence-electron chi connectivity index (χ1n) is 6.37. The molecule has 2 saturated heterocycles. The number of ether oxygens (including phenoxy) is 1. The molecule has 2 rings (SSSR count). The van der Waals surface area contributed by atoms with Crippen LogP contribution in [0.5, 0.6) is 0 Å². The van der Waals surface area contributed by atoms with Crippen LogP contribution in [-0.2, 0) is 9.53 Å². The second-order valence-corrected chi connectivity index (χ2v) is 5.28. The summed E-state index contributed by atoms with van der Waals surface area (Å²) in [7, 11) is 0. The molecule has 0 saturated carbocycles. The molecule has 2 unspecified atom stereocenters. The van der Waals surface area contributed by atoms with E-state index in [0.29, 0.717) is 38.5 Å². The standard InChI is InChI=1S/C12H22N2O3/c1-9-2-5-14(10(9)8-15)11(16)12(13)3-6-17-7-4-12/h9-10,15H,2-8,13H2,1H3. The van der Waals surface area contributed by atoms with Crippen molar-refractivity contribution in [3.63, 3.8) is 0 Å². The molecule has 0 radical (unpaired) electrons. The Morgan fingerprint density at radius 2 is 2.18 bits per heavy atom. The predicted molar refractivity (Wildman–Crippen MR) is 63.3 cm³/mol. The number of carbonyl (C=O) groups is 1. The largest absolute Gasteiger partial charge is 0.394 e. The van der Waals surface area contributed by atoms with E-state index in [2.05, 4.69) is 6.92 Å². The lowest BCUT2D eigenvalue weighted by molar-refractivity contribution is -0.142. The summed E-state index contributed by atoms with van der Waals surface area (Å²) in [5.74, 6) is 0.344. The van der Waals surface area contributed by atoms with Gasteiger partial charge in [-0.1, -0.05) is 6.92 Å². The normalized spacial score (nSPS) is 32.8. The molecule has 2 aliphatic rings. The van der Waals surface area contributed by atoms with Crippen molar-refractivity contribution in [1.29, 1.82) is 0 Å². The van der Waals surface area contributed by atoms with E-state index in [0.717, 1.165) is 6.42 Å². The summed E-state index contributed by atoms with van der Waals surface area (Å²) in [5.41, 5.74) is 5.41. The van der Waals surface area contributed by atoms with Gasteiger partial charge in [-0.3, -0.25) is 4.79 Å². The molecule has 98 valence electrons. The maximum absolute atomic E-state index is 12.5. The Kier molecular flexibility index (Phi) is 3.70. The molecule has 17 heavy (non-hydrogen) atoms. The van der Waals surface area contributed by atoms with Gasteiger partial charge in [-0.25, -0.2) is 0 Å². The van der Waals surface area contributed by atoms with Gasteiger partial charge in [-0.15, -0.1) is 0 Å². The van der Waals surface area contributed by atoms with E-state index in [1.54, 1.807) is 4.90 Å². The highest BCUT2D eigenvalue weighted by molar-refractivity contribution is 5.86. The van der Waals surface area contributed by atoms with Gasteiger partial charge >= 0.3 is 0 Å². The van der Waals surface area contributed by atoms with Crippen molar-refractivity contribution in [1.82, 2.24) is 4.90 Å². The molecular weight excluding hydrogens is 220 g/mol. The third kappa shape index (κ3) is 2.32. The van der Waals surface area contributed by atoms with Crippen LogP contribution in [0.1, 0.15) is 26.2 Å². The average Bonchev–Trinajstić information content (AvgIpc) is 2.70. The number of carbonyl (C=O) groups excluding carboxylic acids is 1. The number of amides is 1. The number of rotatable bonds is 2. The Morgan fingerprint density at radius 3 is 2.76 bits per heavy atom. The molecular formula is C12H22N2O3. The topological polar surface area (TPSA) is 75.8 Å². The number of likely N-dealkylation sites (tertiary alicyclic amines) is 1. The van der Waals surface area contributed by atoms with Gasteiger partial charge in [0.25, 0.3) is 0 Å². The van der Waals surface area contributed by atoms with Gasteiger partial charge in [-0.05, 0) is 25.2 Å². The fourth-order valence-corrected chi connectivity index (χ4v) is 2.77. The molecule has 0 spiro atoms. The van der Waals surface area contributed by atoms with E-state index in [4.69, 9.17) is 10.5 Å². The number of nitrogens with two attached hydrogens (primary N) is 1. The van der Waals surface area contributed by atoms with E-state index < -0.39 is 5.54 Å². The lowest BCUT2D eigenvalue weighted by atomic mass is 9.89. The molecule has 0 aromatic heterocycles. The Balaban J connectivity index is 2.08. The molecule has 0 aliphatic carbocycles. The van der Waals surface area contributed by atoms with Crippen LogP contribution >= 0.6 is 0 Å². The molecule has 1 amide bonds. The van der Waals surface area contributed by atoms with Crippen LogP contribution in [0.15, 0.2) is 0 Å². The Morgan fingerprint density at radius 1 is 1.53 bits per heavy atom. The molecule has 2 fully saturated rings. The molecule has 5 nitrogen and oxygen atoms in total. The summed E-state index contributed by atoms with van der Waals surface area (Å²) >= 11 is 0. The fraction of sp³-hybridized carbons (Fsp3) is 0.917. The van der Waals surface area contributed by atoms with Gasteiger partial charge in [0.15, 0.2) is 0 Å². The third-order valence-corrected chi connectivity index (χ3v) is 4.14. The molecule has 2 heterocycles. The predicted octanol–water partition coefficient (Wildman–Crippen LogP) is -0.276. The van der Waals surface area contributed by atoms with Gasteiger partial charge in [0.05, 0.1) is 18.2 Å². The first-order valence-corrected chi connectivity index (χ1v) is 6.37. The van der Waals surface area contributed by atoms with Crippen LogP contribution in [0.25, 0.3) is 0 Å². The first kappa shape index (κ1) is 12.8. The lowest BCUT2D eigenvalue weighted by Gasteiger charge is -2.37. The van der Waals surface area contributed by atoms with E-state index in [1.807, 2.05) is 0 Å². The number of aliphatic hydroxyl groups excluding tert-OH is 1. The van der Waals surface area contributed by atoms with Crippen molar-refractivity contribution in [3.8, 4) is 0 Å². The van der Waals surface area contributed by atoms with E-state index in [-0.39, 0.29) is 18.6 Å². The van der Waals surface area contributed by atoms with E-state index >= 15 is 0 Å².